The lowest BCUT2D eigenvalue weighted by Gasteiger charge is -2.26. The molecule has 0 atom stereocenters. The SMILES string of the molecule is c1ccc(-c2ccc(-c3ccc(N(c4cccc(-c5cc6ccccc6o5)c4)c4ccc5ccccc5c4)cc3)cc2)cc1. The molecule has 0 fully saturated rings. The molecule has 0 unspecified atom stereocenters. The number of rotatable bonds is 6. The number of nitrogens with zero attached hydrogens (tertiary/aromatic N) is 1. The lowest BCUT2D eigenvalue weighted by molar-refractivity contribution is 0.631. The Morgan fingerprint density at radius 1 is 0.318 bits per heavy atom. The summed E-state index contributed by atoms with van der Waals surface area (Å²) >= 11 is 0. The molecule has 2 nitrogen and oxygen atoms in total. The van der Waals surface area contributed by atoms with Crippen LogP contribution in [-0.2, 0) is 0 Å². The van der Waals surface area contributed by atoms with Crippen LogP contribution in [0.1, 0.15) is 0 Å². The van der Waals surface area contributed by atoms with Crippen LogP contribution in [0.4, 0.5) is 17.1 Å². The number of hydrogen-bond donors (Lipinski definition) is 0. The van der Waals surface area contributed by atoms with E-state index in [4.69, 9.17) is 4.42 Å². The molecule has 8 rings (SSSR count). The molecule has 0 aliphatic carbocycles. The summed E-state index contributed by atoms with van der Waals surface area (Å²) in [4.78, 5) is 2.32. The predicted octanol–water partition coefficient (Wildman–Crippen LogP) is 12.1. The van der Waals surface area contributed by atoms with Crippen molar-refractivity contribution in [1.29, 1.82) is 0 Å². The van der Waals surface area contributed by atoms with Gasteiger partial charge < -0.3 is 9.32 Å². The zero-order valence-electron chi connectivity index (χ0n) is 24.1. The van der Waals surface area contributed by atoms with E-state index in [1.54, 1.807) is 0 Å². The predicted molar refractivity (Wildman–Crippen MR) is 185 cm³/mol. The number of hydrogen-bond acceptors (Lipinski definition) is 2. The van der Waals surface area contributed by atoms with Crippen LogP contribution >= 0.6 is 0 Å². The van der Waals surface area contributed by atoms with Crippen molar-refractivity contribution in [3.63, 3.8) is 0 Å². The van der Waals surface area contributed by atoms with E-state index in [9.17, 15) is 0 Å². The molecule has 0 radical (unpaired) electrons. The Labute approximate surface area is 257 Å². The minimum absolute atomic E-state index is 0.862. The molecule has 0 bridgehead atoms. The molecule has 8 aromatic rings. The highest BCUT2D eigenvalue weighted by atomic mass is 16.3. The Bertz CT molecular complexity index is 2180. The number of para-hydroxylation sites is 1. The van der Waals surface area contributed by atoms with Crippen molar-refractivity contribution in [3.05, 3.63) is 176 Å². The first-order chi connectivity index (χ1) is 21.8. The van der Waals surface area contributed by atoms with E-state index in [2.05, 4.69) is 163 Å². The topological polar surface area (TPSA) is 16.4 Å². The van der Waals surface area contributed by atoms with E-state index in [0.29, 0.717) is 0 Å². The van der Waals surface area contributed by atoms with E-state index in [1.165, 1.54) is 33.0 Å². The highest BCUT2D eigenvalue weighted by Gasteiger charge is 2.16. The van der Waals surface area contributed by atoms with Crippen molar-refractivity contribution in [1.82, 2.24) is 0 Å². The van der Waals surface area contributed by atoms with Gasteiger partial charge in [0.25, 0.3) is 0 Å². The van der Waals surface area contributed by atoms with Gasteiger partial charge in [0.05, 0.1) is 0 Å². The van der Waals surface area contributed by atoms with Crippen molar-refractivity contribution >= 4 is 38.8 Å². The summed E-state index contributed by atoms with van der Waals surface area (Å²) in [6, 6.07) is 62.2. The van der Waals surface area contributed by atoms with Crippen molar-refractivity contribution in [3.8, 4) is 33.6 Å². The fourth-order valence-corrected chi connectivity index (χ4v) is 5.97. The molecule has 0 saturated carbocycles. The maximum absolute atomic E-state index is 6.24. The molecule has 0 N–H and O–H groups in total. The molecular formula is C42H29NO. The van der Waals surface area contributed by atoms with Gasteiger partial charge in [-0.25, -0.2) is 0 Å². The molecule has 0 spiro atoms. The third-order valence-corrected chi connectivity index (χ3v) is 8.26. The molecule has 1 heterocycles. The van der Waals surface area contributed by atoms with Gasteiger partial charge in [-0.05, 0) is 81.6 Å². The molecular weight excluding hydrogens is 534 g/mol. The summed E-state index contributed by atoms with van der Waals surface area (Å²) in [7, 11) is 0. The maximum atomic E-state index is 6.24. The molecule has 44 heavy (non-hydrogen) atoms. The van der Waals surface area contributed by atoms with Gasteiger partial charge >= 0.3 is 0 Å². The molecule has 0 amide bonds. The molecule has 2 heteroatoms. The Morgan fingerprint density at radius 3 is 1.59 bits per heavy atom. The van der Waals surface area contributed by atoms with Crippen LogP contribution in [0, 0.1) is 0 Å². The summed E-state index contributed by atoms with van der Waals surface area (Å²) < 4.78 is 6.24. The molecule has 7 aromatic carbocycles. The number of anilines is 3. The van der Waals surface area contributed by atoms with E-state index < -0.39 is 0 Å². The van der Waals surface area contributed by atoms with E-state index in [1.807, 2.05) is 18.2 Å². The van der Waals surface area contributed by atoms with Crippen LogP contribution in [0.3, 0.4) is 0 Å². The zero-order valence-corrected chi connectivity index (χ0v) is 24.1. The fourth-order valence-electron chi connectivity index (χ4n) is 5.97. The lowest BCUT2D eigenvalue weighted by Crippen LogP contribution is -2.10. The van der Waals surface area contributed by atoms with E-state index >= 15 is 0 Å². The molecule has 0 aliphatic heterocycles. The van der Waals surface area contributed by atoms with Gasteiger partial charge in [-0.1, -0.05) is 127 Å². The standard InChI is InChI=1S/C42H29NO/c1-2-9-30(10-3-1)32-17-19-33(20-18-32)34-21-24-38(25-22-34)43(40-26-23-31-11-4-5-12-35(31)27-40)39-15-8-14-36(28-39)42-29-37-13-6-7-16-41(37)44-42/h1-29H. The average molecular weight is 564 g/mol. The molecule has 208 valence electrons. The van der Waals surface area contributed by atoms with Gasteiger partial charge in [0.1, 0.15) is 11.3 Å². The second kappa shape index (κ2) is 11.1. The number of furan rings is 1. The summed E-state index contributed by atoms with van der Waals surface area (Å²) in [6.07, 6.45) is 0. The van der Waals surface area contributed by atoms with Crippen molar-refractivity contribution in [2.24, 2.45) is 0 Å². The Morgan fingerprint density at radius 2 is 0.864 bits per heavy atom. The van der Waals surface area contributed by atoms with Crippen LogP contribution in [-0.4, -0.2) is 0 Å². The number of fused-ring (bicyclic) bond motifs is 2. The van der Waals surface area contributed by atoms with Crippen LogP contribution in [0.2, 0.25) is 0 Å². The van der Waals surface area contributed by atoms with Gasteiger partial charge in [-0.3, -0.25) is 0 Å². The molecule has 0 aliphatic rings. The highest BCUT2D eigenvalue weighted by molar-refractivity contribution is 5.90. The minimum atomic E-state index is 0.862. The van der Waals surface area contributed by atoms with E-state index in [-0.39, 0.29) is 0 Å². The van der Waals surface area contributed by atoms with Crippen molar-refractivity contribution in [2.45, 2.75) is 0 Å². The summed E-state index contributed by atoms with van der Waals surface area (Å²) in [6.45, 7) is 0. The zero-order chi connectivity index (χ0) is 29.3. The first-order valence-corrected chi connectivity index (χ1v) is 14.9. The van der Waals surface area contributed by atoms with Gasteiger partial charge in [-0.15, -0.1) is 0 Å². The average Bonchev–Trinajstić information content (AvgIpc) is 3.54. The van der Waals surface area contributed by atoms with Crippen molar-refractivity contribution in [2.75, 3.05) is 4.90 Å². The first-order valence-electron chi connectivity index (χ1n) is 14.9. The smallest absolute Gasteiger partial charge is 0.135 e. The van der Waals surface area contributed by atoms with Gasteiger partial charge in [0, 0.05) is 28.0 Å². The molecule has 0 saturated heterocycles. The van der Waals surface area contributed by atoms with E-state index in [0.717, 1.165) is 39.4 Å². The van der Waals surface area contributed by atoms with Crippen molar-refractivity contribution < 1.29 is 4.42 Å². The van der Waals surface area contributed by atoms with Gasteiger partial charge in [0.15, 0.2) is 0 Å². The van der Waals surface area contributed by atoms with Crippen LogP contribution in [0.5, 0.6) is 0 Å². The third-order valence-electron chi connectivity index (χ3n) is 8.26. The molecule has 1 aromatic heterocycles. The van der Waals surface area contributed by atoms with Gasteiger partial charge in [-0.2, -0.15) is 0 Å². The van der Waals surface area contributed by atoms with Crippen LogP contribution in [0.15, 0.2) is 180 Å². The summed E-state index contributed by atoms with van der Waals surface area (Å²) in [5.74, 6) is 0.862. The fraction of sp³-hybridized carbons (Fsp3) is 0. The largest absolute Gasteiger partial charge is 0.456 e. The minimum Gasteiger partial charge on any atom is -0.456 e. The second-order valence-electron chi connectivity index (χ2n) is 11.1. The highest BCUT2D eigenvalue weighted by Crippen LogP contribution is 2.39. The lowest BCUT2D eigenvalue weighted by atomic mass is 10.00. The third kappa shape index (κ3) is 4.93. The monoisotopic (exact) mass is 563 g/mol. The summed E-state index contributed by atoms with van der Waals surface area (Å²) in [5.41, 5.74) is 10.0. The van der Waals surface area contributed by atoms with Crippen LogP contribution < -0.4 is 4.90 Å². The quantitative estimate of drug-likeness (QED) is 0.200. The van der Waals surface area contributed by atoms with Crippen LogP contribution in [0.25, 0.3) is 55.3 Å². The summed E-state index contributed by atoms with van der Waals surface area (Å²) in [5, 5.41) is 3.53. The second-order valence-corrected chi connectivity index (χ2v) is 11.1. The van der Waals surface area contributed by atoms with Gasteiger partial charge in [0.2, 0.25) is 0 Å². The Kier molecular flexibility index (Phi) is 6.51. The maximum Gasteiger partial charge on any atom is 0.135 e. The number of benzene rings is 7. The Hall–Kier alpha value is -5.86. The Balaban J connectivity index is 1.19. The first kappa shape index (κ1) is 25.8. The normalized spacial score (nSPS) is 11.2.